The van der Waals surface area contributed by atoms with Crippen molar-refractivity contribution in [3.05, 3.63) is 18.0 Å². The van der Waals surface area contributed by atoms with Gasteiger partial charge in [-0.15, -0.1) is 0 Å². The summed E-state index contributed by atoms with van der Waals surface area (Å²) in [5, 5.41) is 23.9. The molecule has 1 rings (SSSR count). The van der Waals surface area contributed by atoms with Crippen LogP contribution < -0.4 is 0 Å². The Hall–Kier alpha value is -0.870. The van der Waals surface area contributed by atoms with Crippen molar-refractivity contribution >= 4 is 0 Å². The van der Waals surface area contributed by atoms with E-state index in [4.69, 9.17) is 0 Å². The lowest BCUT2D eigenvalue weighted by Gasteiger charge is -2.30. The lowest BCUT2D eigenvalue weighted by atomic mass is 9.78. The molecule has 4 heteroatoms. The Labute approximate surface area is 116 Å². The summed E-state index contributed by atoms with van der Waals surface area (Å²) < 4.78 is 1.96. The third-order valence-corrected chi connectivity index (χ3v) is 3.77. The van der Waals surface area contributed by atoms with Crippen LogP contribution in [0.3, 0.4) is 0 Å². The van der Waals surface area contributed by atoms with Crippen LogP contribution in [-0.4, -0.2) is 33.2 Å². The molecule has 0 radical (unpaired) electrons. The molecule has 0 aromatic carbocycles. The van der Waals surface area contributed by atoms with Crippen LogP contribution in [-0.2, 0) is 6.42 Å². The van der Waals surface area contributed by atoms with E-state index in [2.05, 4.69) is 32.8 Å². The van der Waals surface area contributed by atoms with Gasteiger partial charge in [0.25, 0.3) is 0 Å². The van der Waals surface area contributed by atoms with Crippen molar-refractivity contribution in [3.63, 3.8) is 0 Å². The second kappa shape index (κ2) is 7.06. The van der Waals surface area contributed by atoms with E-state index in [1.807, 2.05) is 16.9 Å². The third-order valence-electron chi connectivity index (χ3n) is 3.77. The summed E-state index contributed by atoms with van der Waals surface area (Å²) in [4.78, 5) is 0. The van der Waals surface area contributed by atoms with Crippen molar-refractivity contribution in [2.75, 3.05) is 13.2 Å². The maximum atomic E-state index is 9.65. The fourth-order valence-corrected chi connectivity index (χ4v) is 2.52. The number of rotatable bonds is 8. The minimum atomic E-state index is -0.456. The van der Waals surface area contributed by atoms with E-state index >= 15 is 0 Å². The van der Waals surface area contributed by atoms with Gasteiger partial charge in [0.15, 0.2) is 0 Å². The summed E-state index contributed by atoms with van der Waals surface area (Å²) in [6.45, 7) is 8.48. The molecule has 0 aliphatic heterocycles. The third kappa shape index (κ3) is 4.32. The zero-order valence-corrected chi connectivity index (χ0v) is 12.6. The first-order valence-corrected chi connectivity index (χ1v) is 7.22. The fraction of sp³-hybridized carbons (Fsp3) is 0.800. The maximum absolute atomic E-state index is 9.65. The standard InChI is InChI=1S/C15H28N2O2/c1-5-13(4)17-7-6-14(16-17)9-15(10-18,11-19)8-12(2)3/h6-7,12-13,18-19H,5,8-11H2,1-4H3. The zero-order chi connectivity index (χ0) is 14.5. The van der Waals surface area contributed by atoms with Crippen LogP contribution in [0.25, 0.3) is 0 Å². The first-order chi connectivity index (χ1) is 8.96. The lowest BCUT2D eigenvalue weighted by Crippen LogP contribution is -2.34. The molecule has 0 fully saturated rings. The quantitative estimate of drug-likeness (QED) is 0.761. The van der Waals surface area contributed by atoms with Crippen molar-refractivity contribution in [3.8, 4) is 0 Å². The summed E-state index contributed by atoms with van der Waals surface area (Å²) in [5.74, 6) is 0.441. The highest BCUT2D eigenvalue weighted by Crippen LogP contribution is 2.29. The molecule has 1 atom stereocenters. The Morgan fingerprint density at radius 3 is 2.37 bits per heavy atom. The van der Waals surface area contributed by atoms with Crippen molar-refractivity contribution < 1.29 is 10.2 Å². The van der Waals surface area contributed by atoms with Gasteiger partial charge in [-0.2, -0.15) is 5.10 Å². The topological polar surface area (TPSA) is 58.3 Å². The second-order valence-electron chi connectivity index (χ2n) is 6.14. The average molecular weight is 268 g/mol. The molecule has 19 heavy (non-hydrogen) atoms. The van der Waals surface area contributed by atoms with E-state index in [0.717, 1.165) is 18.5 Å². The first kappa shape index (κ1) is 16.2. The van der Waals surface area contributed by atoms with Crippen molar-refractivity contribution in [1.29, 1.82) is 0 Å². The molecule has 1 aromatic heterocycles. The van der Waals surface area contributed by atoms with Crippen LogP contribution in [0.5, 0.6) is 0 Å². The molecule has 1 aromatic rings. The number of hydrogen-bond acceptors (Lipinski definition) is 3. The molecule has 0 bridgehead atoms. The molecule has 0 spiro atoms. The van der Waals surface area contributed by atoms with E-state index in [1.54, 1.807) is 0 Å². The Balaban J connectivity index is 2.82. The normalized spacial score (nSPS) is 14.1. The Kier molecular flexibility index (Phi) is 6.01. The Bertz CT molecular complexity index is 370. The predicted molar refractivity (Wildman–Crippen MR) is 77.0 cm³/mol. The van der Waals surface area contributed by atoms with E-state index in [-0.39, 0.29) is 13.2 Å². The molecule has 1 heterocycles. The van der Waals surface area contributed by atoms with Crippen LogP contribution in [0, 0.1) is 11.3 Å². The summed E-state index contributed by atoms with van der Waals surface area (Å²) >= 11 is 0. The van der Waals surface area contributed by atoms with Crippen LogP contribution in [0.4, 0.5) is 0 Å². The Morgan fingerprint density at radius 1 is 1.26 bits per heavy atom. The Morgan fingerprint density at radius 2 is 1.89 bits per heavy atom. The van der Waals surface area contributed by atoms with Crippen molar-refractivity contribution in [2.45, 2.75) is 53.0 Å². The molecule has 0 aliphatic rings. The van der Waals surface area contributed by atoms with Crippen molar-refractivity contribution in [1.82, 2.24) is 9.78 Å². The minimum absolute atomic E-state index is 0.00211. The minimum Gasteiger partial charge on any atom is -0.396 e. The average Bonchev–Trinajstić information content (AvgIpc) is 2.84. The smallest absolute Gasteiger partial charge is 0.0632 e. The lowest BCUT2D eigenvalue weighted by molar-refractivity contribution is 0.0360. The number of hydrogen-bond donors (Lipinski definition) is 2. The fourth-order valence-electron chi connectivity index (χ4n) is 2.52. The molecular formula is C15H28N2O2. The van der Waals surface area contributed by atoms with Crippen LogP contribution in [0.1, 0.15) is 52.3 Å². The van der Waals surface area contributed by atoms with Gasteiger partial charge in [-0.25, -0.2) is 0 Å². The van der Waals surface area contributed by atoms with Crippen LogP contribution >= 0.6 is 0 Å². The van der Waals surface area contributed by atoms with Gasteiger partial charge in [0.1, 0.15) is 0 Å². The van der Waals surface area contributed by atoms with Gasteiger partial charge >= 0.3 is 0 Å². The summed E-state index contributed by atoms with van der Waals surface area (Å²) in [6, 6.07) is 2.38. The number of aromatic nitrogens is 2. The van der Waals surface area contributed by atoms with Gasteiger partial charge in [-0.05, 0) is 31.7 Å². The summed E-state index contributed by atoms with van der Waals surface area (Å²) in [5.41, 5.74) is 0.493. The molecule has 1 unspecified atom stereocenters. The number of aliphatic hydroxyl groups is 2. The maximum Gasteiger partial charge on any atom is 0.0632 e. The highest BCUT2D eigenvalue weighted by atomic mass is 16.3. The number of aliphatic hydroxyl groups excluding tert-OH is 2. The molecule has 0 saturated carbocycles. The highest BCUT2D eigenvalue weighted by molar-refractivity contribution is 5.04. The van der Waals surface area contributed by atoms with Crippen LogP contribution in [0.2, 0.25) is 0 Å². The van der Waals surface area contributed by atoms with E-state index in [1.165, 1.54) is 0 Å². The zero-order valence-electron chi connectivity index (χ0n) is 12.6. The molecule has 0 saturated heterocycles. The van der Waals surface area contributed by atoms with Crippen LogP contribution in [0.15, 0.2) is 12.3 Å². The van der Waals surface area contributed by atoms with Gasteiger partial charge < -0.3 is 10.2 Å². The van der Waals surface area contributed by atoms with Gasteiger partial charge in [0.05, 0.1) is 18.9 Å². The molecule has 110 valence electrons. The molecule has 2 N–H and O–H groups in total. The van der Waals surface area contributed by atoms with Gasteiger partial charge in [0.2, 0.25) is 0 Å². The highest BCUT2D eigenvalue weighted by Gasteiger charge is 2.31. The summed E-state index contributed by atoms with van der Waals surface area (Å²) in [7, 11) is 0. The monoisotopic (exact) mass is 268 g/mol. The number of nitrogens with zero attached hydrogens (tertiary/aromatic N) is 2. The van der Waals surface area contributed by atoms with Gasteiger partial charge in [-0.1, -0.05) is 20.8 Å². The largest absolute Gasteiger partial charge is 0.396 e. The van der Waals surface area contributed by atoms with E-state index in [9.17, 15) is 10.2 Å². The van der Waals surface area contributed by atoms with Gasteiger partial charge in [0, 0.05) is 24.1 Å². The van der Waals surface area contributed by atoms with E-state index < -0.39 is 5.41 Å². The second-order valence-corrected chi connectivity index (χ2v) is 6.14. The van der Waals surface area contributed by atoms with Crippen molar-refractivity contribution in [2.24, 2.45) is 11.3 Å². The predicted octanol–water partition coefficient (Wildman–Crippen LogP) is 2.41. The van der Waals surface area contributed by atoms with Gasteiger partial charge in [-0.3, -0.25) is 4.68 Å². The SMILES string of the molecule is CCC(C)n1ccc(CC(CO)(CO)CC(C)C)n1. The summed E-state index contributed by atoms with van der Waals surface area (Å²) in [6.07, 6.45) is 4.45. The molecule has 4 nitrogen and oxygen atoms in total. The molecule has 0 aliphatic carbocycles. The molecular weight excluding hydrogens is 240 g/mol. The first-order valence-electron chi connectivity index (χ1n) is 7.22. The van der Waals surface area contributed by atoms with E-state index in [0.29, 0.717) is 18.4 Å². The molecule has 0 amide bonds.